The van der Waals surface area contributed by atoms with Crippen molar-refractivity contribution in [2.24, 2.45) is 46.3 Å². The Kier molecular flexibility index (Phi) is 2.75. The van der Waals surface area contributed by atoms with Gasteiger partial charge in [0.05, 0.1) is 25.0 Å². The number of rotatable bonds is 2. The second-order valence-corrected chi connectivity index (χ2v) is 10.5. The van der Waals surface area contributed by atoms with Gasteiger partial charge in [-0.25, -0.2) is 0 Å². The van der Waals surface area contributed by atoms with Gasteiger partial charge in [0, 0.05) is 24.7 Å². The number of carbonyl (C=O) groups is 4. The van der Waals surface area contributed by atoms with E-state index in [9.17, 15) is 19.2 Å². The largest absolute Gasteiger partial charge is 0.469 e. The Balaban J connectivity index is 1.48. The van der Waals surface area contributed by atoms with Gasteiger partial charge >= 0.3 is 23.9 Å². The molecule has 30 heavy (non-hydrogen) atoms. The first-order chi connectivity index (χ1) is 14.3. The number of methoxy groups -OCH3 is 2. The minimum absolute atomic E-state index is 0.0859. The molecule has 2 heterocycles. The molecule has 10 atom stereocenters. The molecule has 8 rings (SSSR count). The van der Waals surface area contributed by atoms with Crippen molar-refractivity contribution in [2.75, 3.05) is 14.2 Å². The molecular formula is C22H24O8. The zero-order chi connectivity index (χ0) is 20.8. The van der Waals surface area contributed by atoms with E-state index in [-0.39, 0.29) is 59.4 Å². The summed E-state index contributed by atoms with van der Waals surface area (Å²) < 4.78 is 22.6. The zero-order valence-electron chi connectivity index (χ0n) is 17.0. The van der Waals surface area contributed by atoms with Crippen molar-refractivity contribution in [3.05, 3.63) is 0 Å². The fourth-order valence-corrected chi connectivity index (χ4v) is 10.6. The molecule has 8 nitrogen and oxygen atoms in total. The number of hydrogen-bond donors (Lipinski definition) is 0. The monoisotopic (exact) mass is 416 g/mol. The minimum atomic E-state index is -1.07. The molecule has 0 aromatic heterocycles. The molecule has 8 heteroatoms. The molecule has 6 aliphatic carbocycles. The van der Waals surface area contributed by atoms with Gasteiger partial charge in [0.15, 0.2) is 0 Å². The Hall–Kier alpha value is -2.12. The van der Waals surface area contributed by atoms with Crippen LogP contribution >= 0.6 is 0 Å². The van der Waals surface area contributed by atoms with Gasteiger partial charge in [0.25, 0.3) is 0 Å². The number of ether oxygens (including phenoxy) is 4. The topological polar surface area (TPSA) is 105 Å². The first kappa shape index (κ1) is 17.5. The molecule has 0 aromatic rings. The molecule has 0 aromatic carbocycles. The fraction of sp³-hybridized carbons (Fsp3) is 0.818. The SMILES string of the molecule is COC(=O)[C@@]12[C@@H]3C[C@]4(CCC(=O)O4)[C@@H]4[C@H]3[C@@H]3[C@@H]1[C@@]1(CCC(=O)O1)C[C@@H]3[C@]42C(=O)OC. The molecule has 0 N–H and O–H groups in total. The van der Waals surface area contributed by atoms with Crippen LogP contribution in [0.15, 0.2) is 0 Å². The van der Waals surface area contributed by atoms with E-state index in [0.717, 1.165) is 0 Å². The van der Waals surface area contributed by atoms with Gasteiger partial charge in [-0.1, -0.05) is 0 Å². The maximum absolute atomic E-state index is 13.6. The molecule has 2 spiro atoms. The third kappa shape index (κ3) is 1.30. The minimum Gasteiger partial charge on any atom is -0.469 e. The highest BCUT2D eigenvalue weighted by molar-refractivity contribution is 5.95. The first-order valence-electron chi connectivity index (χ1n) is 10.9. The standard InChI is InChI=1S/C22H24O8/c1-27-17(25)21-9-7-20(6-4-12(24)30-20)16-13(9)14-10(22(16,21)18(26)28-2)8-19(15(14)21)5-3-11(23)29-19/h9-10,13-16H,3-8H2,1-2H3/t9-,10+,13-,14-,15-,16+,19-,20-,21-,22-/m1/s1. The van der Waals surface area contributed by atoms with Crippen molar-refractivity contribution in [3.8, 4) is 0 Å². The Morgan fingerprint density at radius 1 is 0.800 bits per heavy atom. The second kappa shape index (κ2) is 4.70. The molecule has 0 amide bonds. The molecule has 2 saturated heterocycles. The predicted octanol–water partition coefficient (Wildman–Crippen LogP) is 1.00. The smallest absolute Gasteiger partial charge is 0.313 e. The lowest BCUT2D eigenvalue weighted by Crippen LogP contribution is -2.69. The van der Waals surface area contributed by atoms with Crippen LogP contribution in [0.2, 0.25) is 0 Å². The van der Waals surface area contributed by atoms with E-state index in [0.29, 0.717) is 38.5 Å². The van der Waals surface area contributed by atoms with E-state index in [1.807, 2.05) is 0 Å². The van der Waals surface area contributed by atoms with Gasteiger partial charge in [0.1, 0.15) is 11.2 Å². The van der Waals surface area contributed by atoms with Gasteiger partial charge in [-0.3, -0.25) is 19.2 Å². The van der Waals surface area contributed by atoms with Crippen molar-refractivity contribution < 1.29 is 38.1 Å². The highest BCUT2D eigenvalue weighted by Crippen LogP contribution is 2.96. The summed E-state index contributed by atoms with van der Waals surface area (Å²) in [4.78, 5) is 51.6. The van der Waals surface area contributed by atoms with Crippen molar-refractivity contribution in [1.29, 1.82) is 0 Å². The summed E-state index contributed by atoms with van der Waals surface area (Å²) in [5.41, 5.74) is -3.51. The summed E-state index contributed by atoms with van der Waals surface area (Å²) in [5, 5.41) is 0. The van der Waals surface area contributed by atoms with Gasteiger partial charge in [0.2, 0.25) is 0 Å². The van der Waals surface area contributed by atoms with Crippen molar-refractivity contribution in [2.45, 2.75) is 49.7 Å². The number of esters is 4. The molecular weight excluding hydrogens is 392 g/mol. The molecule has 8 bridgehead atoms. The van der Waals surface area contributed by atoms with Crippen molar-refractivity contribution >= 4 is 23.9 Å². The van der Waals surface area contributed by atoms with E-state index in [1.54, 1.807) is 0 Å². The second-order valence-electron chi connectivity index (χ2n) is 10.5. The Morgan fingerprint density at radius 2 is 1.20 bits per heavy atom. The van der Waals surface area contributed by atoms with Crippen LogP contribution in [0.4, 0.5) is 0 Å². The normalized spacial score (nSPS) is 57.7. The van der Waals surface area contributed by atoms with Crippen LogP contribution in [0.25, 0.3) is 0 Å². The van der Waals surface area contributed by atoms with Gasteiger partial charge in [-0.05, 0) is 49.4 Å². The fourth-order valence-electron chi connectivity index (χ4n) is 10.6. The van der Waals surface area contributed by atoms with Crippen LogP contribution in [0, 0.1) is 46.3 Å². The number of hydrogen-bond acceptors (Lipinski definition) is 8. The molecule has 2 aliphatic heterocycles. The molecule has 0 unspecified atom stereocenters. The van der Waals surface area contributed by atoms with E-state index < -0.39 is 22.0 Å². The highest BCUT2D eigenvalue weighted by atomic mass is 16.6. The Morgan fingerprint density at radius 3 is 1.50 bits per heavy atom. The van der Waals surface area contributed by atoms with Crippen LogP contribution < -0.4 is 0 Å². The van der Waals surface area contributed by atoms with Crippen LogP contribution in [0.1, 0.15) is 38.5 Å². The lowest BCUT2D eigenvalue weighted by atomic mass is 9.44. The summed E-state index contributed by atoms with van der Waals surface area (Å²) >= 11 is 0. The third-order valence-electron chi connectivity index (χ3n) is 10.4. The molecule has 8 aliphatic rings. The lowest BCUT2D eigenvalue weighted by Gasteiger charge is -2.58. The van der Waals surface area contributed by atoms with Crippen molar-refractivity contribution in [3.63, 3.8) is 0 Å². The van der Waals surface area contributed by atoms with E-state index in [2.05, 4.69) is 0 Å². The van der Waals surface area contributed by atoms with Crippen LogP contribution in [0.5, 0.6) is 0 Å². The summed E-state index contributed by atoms with van der Waals surface area (Å²) in [6.07, 6.45) is 3.02. The molecule has 8 fully saturated rings. The average Bonchev–Trinajstić information content (AvgIpc) is 3.55. The highest BCUT2D eigenvalue weighted by Gasteiger charge is 3.02. The summed E-state index contributed by atoms with van der Waals surface area (Å²) in [7, 11) is 2.73. The predicted molar refractivity (Wildman–Crippen MR) is 95.2 cm³/mol. The van der Waals surface area contributed by atoms with Crippen molar-refractivity contribution in [1.82, 2.24) is 0 Å². The average molecular weight is 416 g/mol. The van der Waals surface area contributed by atoms with E-state index in [1.165, 1.54) is 14.2 Å². The third-order valence-corrected chi connectivity index (χ3v) is 10.4. The summed E-state index contributed by atoms with van der Waals surface area (Å²) in [6.45, 7) is 0. The zero-order valence-corrected chi connectivity index (χ0v) is 17.0. The maximum Gasteiger partial charge on any atom is 0.313 e. The van der Waals surface area contributed by atoms with Crippen LogP contribution in [-0.4, -0.2) is 49.3 Å². The lowest BCUT2D eigenvalue weighted by molar-refractivity contribution is -0.231. The molecule has 6 saturated carbocycles. The Bertz CT molecular complexity index is 883. The van der Waals surface area contributed by atoms with E-state index in [4.69, 9.17) is 18.9 Å². The summed E-state index contributed by atoms with van der Waals surface area (Å²) in [5.74, 6) is -1.76. The van der Waals surface area contributed by atoms with Crippen LogP contribution in [-0.2, 0) is 38.1 Å². The first-order valence-corrected chi connectivity index (χ1v) is 10.9. The summed E-state index contributed by atoms with van der Waals surface area (Å²) in [6, 6.07) is 0. The molecule has 160 valence electrons. The van der Waals surface area contributed by atoms with Crippen LogP contribution in [0.3, 0.4) is 0 Å². The van der Waals surface area contributed by atoms with Gasteiger partial charge < -0.3 is 18.9 Å². The maximum atomic E-state index is 13.6. The molecule has 0 radical (unpaired) electrons. The quantitative estimate of drug-likeness (QED) is 0.485. The van der Waals surface area contributed by atoms with E-state index >= 15 is 0 Å². The number of carbonyl (C=O) groups excluding carboxylic acids is 4. The van der Waals surface area contributed by atoms with Gasteiger partial charge in [-0.2, -0.15) is 0 Å². The van der Waals surface area contributed by atoms with Gasteiger partial charge in [-0.15, -0.1) is 0 Å². The Labute approximate surface area is 172 Å².